The van der Waals surface area contributed by atoms with E-state index < -0.39 is 10.0 Å². The maximum atomic E-state index is 13.1. The van der Waals surface area contributed by atoms with Crippen LogP contribution in [0.4, 0.5) is 0 Å². The molecule has 0 aliphatic carbocycles. The maximum Gasteiger partial charge on any atom is 0.254 e. The van der Waals surface area contributed by atoms with Crippen molar-refractivity contribution in [1.29, 1.82) is 0 Å². The highest BCUT2D eigenvalue weighted by Gasteiger charge is 2.27. The summed E-state index contributed by atoms with van der Waals surface area (Å²) in [4.78, 5) is 18.9. The molecular formula is C20H25N3O4S. The van der Waals surface area contributed by atoms with Gasteiger partial charge in [0.1, 0.15) is 5.75 Å². The number of benzene rings is 1. The molecule has 28 heavy (non-hydrogen) atoms. The molecule has 1 aromatic carbocycles. The van der Waals surface area contributed by atoms with E-state index in [2.05, 4.69) is 4.98 Å². The lowest BCUT2D eigenvalue weighted by atomic mass is 10.2. The highest BCUT2D eigenvalue weighted by Crippen LogP contribution is 2.17. The van der Waals surface area contributed by atoms with Crippen molar-refractivity contribution in [2.45, 2.75) is 19.4 Å². The zero-order valence-electron chi connectivity index (χ0n) is 16.0. The molecular weight excluding hydrogens is 378 g/mol. The number of aromatic nitrogens is 1. The molecule has 1 aromatic heterocycles. The van der Waals surface area contributed by atoms with Crippen LogP contribution < -0.4 is 4.74 Å². The number of rotatable bonds is 8. The van der Waals surface area contributed by atoms with Gasteiger partial charge in [-0.2, -0.15) is 0 Å². The number of hydrogen-bond donors (Lipinski definition) is 0. The molecule has 7 nitrogen and oxygen atoms in total. The summed E-state index contributed by atoms with van der Waals surface area (Å²) >= 11 is 0. The lowest BCUT2D eigenvalue weighted by molar-refractivity contribution is 0.0751. The second-order valence-electron chi connectivity index (χ2n) is 6.70. The van der Waals surface area contributed by atoms with Gasteiger partial charge in [-0.05, 0) is 43.2 Å². The number of pyridine rings is 1. The van der Waals surface area contributed by atoms with E-state index in [0.29, 0.717) is 30.1 Å². The summed E-state index contributed by atoms with van der Waals surface area (Å²) in [5, 5.41) is 0. The minimum atomic E-state index is -3.38. The van der Waals surface area contributed by atoms with Gasteiger partial charge in [0.15, 0.2) is 0 Å². The molecule has 0 radical (unpaired) electrons. The average molecular weight is 404 g/mol. The van der Waals surface area contributed by atoms with E-state index in [1.54, 1.807) is 36.5 Å². The molecule has 1 fully saturated rings. The van der Waals surface area contributed by atoms with E-state index in [9.17, 15) is 13.2 Å². The van der Waals surface area contributed by atoms with Crippen molar-refractivity contribution in [3.05, 3.63) is 59.9 Å². The molecule has 0 saturated carbocycles. The van der Waals surface area contributed by atoms with E-state index in [1.165, 1.54) is 16.3 Å². The highest BCUT2D eigenvalue weighted by molar-refractivity contribution is 7.89. The Balaban J connectivity index is 1.79. The number of hydrogen-bond acceptors (Lipinski definition) is 5. The van der Waals surface area contributed by atoms with Gasteiger partial charge < -0.3 is 9.64 Å². The lowest BCUT2D eigenvalue weighted by Crippen LogP contribution is -2.39. The topological polar surface area (TPSA) is 79.8 Å². The van der Waals surface area contributed by atoms with Gasteiger partial charge in [0.05, 0.1) is 25.1 Å². The number of amides is 1. The third-order valence-corrected chi connectivity index (χ3v) is 6.61. The Morgan fingerprint density at radius 2 is 1.96 bits per heavy atom. The number of carbonyl (C=O) groups excluding carboxylic acids is 1. The molecule has 2 aromatic rings. The third kappa shape index (κ3) is 5.08. The Hall–Kier alpha value is -2.45. The van der Waals surface area contributed by atoms with Crippen LogP contribution in [-0.4, -0.2) is 61.0 Å². The zero-order chi connectivity index (χ0) is 20.0. The monoisotopic (exact) mass is 403 g/mol. The summed E-state index contributed by atoms with van der Waals surface area (Å²) in [6.45, 7) is 1.47. The van der Waals surface area contributed by atoms with Gasteiger partial charge in [-0.25, -0.2) is 12.7 Å². The summed E-state index contributed by atoms with van der Waals surface area (Å²) in [6, 6.07) is 12.3. The second-order valence-corrected chi connectivity index (χ2v) is 8.79. The Morgan fingerprint density at radius 3 is 2.64 bits per heavy atom. The predicted molar refractivity (Wildman–Crippen MR) is 107 cm³/mol. The summed E-state index contributed by atoms with van der Waals surface area (Å²) in [5.74, 6) is 0.227. The van der Waals surface area contributed by atoms with E-state index in [4.69, 9.17) is 4.74 Å². The minimum absolute atomic E-state index is 0.102. The molecule has 0 atom stereocenters. The van der Waals surface area contributed by atoms with E-state index in [0.717, 1.165) is 12.8 Å². The number of nitrogens with zero attached hydrogens (tertiary/aromatic N) is 3. The van der Waals surface area contributed by atoms with Crippen molar-refractivity contribution >= 4 is 15.9 Å². The fourth-order valence-electron chi connectivity index (χ4n) is 3.20. The molecule has 1 saturated heterocycles. The number of sulfonamides is 1. The van der Waals surface area contributed by atoms with Gasteiger partial charge >= 0.3 is 0 Å². The van der Waals surface area contributed by atoms with Gasteiger partial charge in [0, 0.05) is 31.4 Å². The Morgan fingerprint density at radius 1 is 1.18 bits per heavy atom. The molecule has 0 bridgehead atoms. The second kappa shape index (κ2) is 9.16. The van der Waals surface area contributed by atoms with Crippen LogP contribution in [0.3, 0.4) is 0 Å². The summed E-state index contributed by atoms with van der Waals surface area (Å²) in [5.41, 5.74) is 1.16. The molecule has 1 amide bonds. The van der Waals surface area contributed by atoms with Crippen LogP contribution in [0.2, 0.25) is 0 Å². The molecule has 3 rings (SSSR count). The molecule has 0 spiro atoms. The Labute approximate surface area is 166 Å². The summed E-state index contributed by atoms with van der Waals surface area (Å²) in [6.07, 6.45) is 3.43. The average Bonchev–Trinajstić information content (AvgIpc) is 3.27. The quantitative estimate of drug-likeness (QED) is 0.675. The Kier molecular flexibility index (Phi) is 6.64. The van der Waals surface area contributed by atoms with Crippen molar-refractivity contribution in [2.75, 3.05) is 32.5 Å². The summed E-state index contributed by atoms with van der Waals surface area (Å²) in [7, 11) is -1.84. The standard InChI is InChI=1S/C20H25N3O4S/c1-27-19-9-6-7-17(15-19)20(24)22(16-18-8-2-3-10-21-18)13-14-28(25,26)23-11-4-5-12-23/h2-3,6-10,15H,4-5,11-14,16H2,1H3. The number of methoxy groups -OCH3 is 1. The first-order valence-electron chi connectivity index (χ1n) is 9.30. The first-order valence-corrected chi connectivity index (χ1v) is 10.9. The largest absolute Gasteiger partial charge is 0.497 e. The van der Waals surface area contributed by atoms with E-state index >= 15 is 0 Å². The van der Waals surface area contributed by atoms with Gasteiger partial charge in [0.25, 0.3) is 5.91 Å². The van der Waals surface area contributed by atoms with E-state index in [-0.39, 0.29) is 24.7 Å². The van der Waals surface area contributed by atoms with Gasteiger partial charge in [0.2, 0.25) is 10.0 Å². The van der Waals surface area contributed by atoms with E-state index in [1.807, 2.05) is 12.1 Å². The van der Waals surface area contributed by atoms with Crippen LogP contribution in [0.15, 0.2) is 48.7 Å². The Bertz CT molecular complexity index is 897. The van der Waals surface area contributed by atoms with Crippen LogP contribution in [0.1, 0.15) is 28.9 Å². The third-order valence-electron chi connectivity index (χ3n) is 4.76. The van der Waals surface area contributed by atoms with Crippen LogP contribution in [-0.2, 0) is 16.6 Å². The SMILES string of the molecule is COc1cccc(C(=O)N(CCS(=O)(=O)N2CCCC2)Cc2ccccn2)c1. The molecule has 8 heteroatoms. The van der Waals surface area contributed by atoms with Crippen molar-refractivity contribution in [3.8, 4) is 5.75 Å². The maximum absolute atomic E-state index is 13.1. The van der Waals surface area contributed by atoms with Gasteiger partial charge in [-0.15, -0.1) is 0 Å². The zero-order valence-corrected chi connectivity index (χ0v) is 16.8. The molecule has 0 unspecified atom stereocenters. The van der Waals surface area contributed by atoms with Gasteiger partial charge in [-0.1, -0.05) is 12.1 Å². The number of ether oxygens (including phenoxy) is 1. The fraction of sp³-hybridized carbons (Fsp3) is 0.400. The summed E-state index contributed by atoms with van der Waals surface area (Å²) < 4.78 is 31.9. The van der Waals surface area contributed by atoms with Crippen LogP contribution in [0.5, 0.6) is 5.75 Å². The fourth-order valence-corrected chi connectivity index (χ4v) is 4.72. The normalized spacial score (nSPS) is 14.8. The first kappa shape index (κ1) is 20.3. The predicted octanol–water partition coefficient (Wildman–Crippen LogP) is 2.16. The van der Waals surface area contributed by atoms with Crippen LogP contribution in [0, 0.1) is 0 Å². The molecule has 1 aliphatic rings. The molecule has 0 N–H and O–H groups in total. The molecule has 2 heterocycles. The van der Waals surface area contributed by atoms with Crippen molar-refractivity contribution in [3.63, 3.8) is 0 Å². The van der Waals surface area contributed by atoms with Gasteiger partial charge in [-0.3, -0.25) is 9.78 Å². The van der Waals surface area contributed by atoms with Crippen LogP contribution in [0.25, 0.3) is 0 Å². The first-order chi connectivity index (χ1) is 13.5. The van der Waals surface area contributed by atoms with Crippen molar-refractivity contribution in [1.82, 2.24) is 14.2 Å². The van der Waals surface area contributed by atoms with Crippen molar-refractivity contribution in [2.24, 2.45) is 0 Å². The smallest absolute Gasteiger partial charge is 0.254 e. The van der Waals surface area contributed by atoms with Crippen molar-refractivity contribution < 1.29 is 17.9 Å². The molecule has 150 valence electrons. The molecule has 1 aliphatic heterocycles. The minimum Gasteiger partial charge on any atom is -0.497 e. The highest BCUT2D eigenvalue weighted by atomic mass is 32.2. The number of carbonyl (C=O) groups is 1. The lowest BCUT2D eigenvalue weighted by Gasteiger charge is -2.24. The van der Waals surface area contributed by atoms with Crippen LogP contribution >= 0.6 is 0 Å².